The van der Waals surface area contributed by atoms with Crippen LogP contribution in [0.25, 0.3) is 21.8 Å². The first-order chi connectivity index (χ1) is 13.8. The number of pyridine rings is 1. The predicted molar refractivity (Wildman–Crippen MR) is 103 cm³/mol. The predicted octanol–water partition coefficient (Wildman–Crippen LogP) is 2.81. The third-order valence-corrected chi connectivity index (χ3v) is 5.24. The minimum atomic E-state index is -4.98. The van der Waals surface area contributed by atoms with Gasteiger partial charge in [-0.25, -0.2) is 18.2 Å². The highest BCUT2D eigenvalue weighted by Gasteiger charge is 2.15. The lowest BCUT2D eigenvalue weighted by Crippen LogP contribution is -2.10. The molecule has 0 spiro atoms. The second-order valence-electron chi connectivity index (χ2n) is 6.25. The number of carbonyl (C=O) groups is 1. The summed E-state index contributed by atoms with van der Waals surface area (Å²) in [7, 11) is -4.98. The molecule has 0 radical (unpaired) electrons. The average Bonchev–Trinajstić information content (AvgIpc) is 2.68. The van der Waals surface area contributed by atoms with E-state index in [4.69, 9.17) is 0 Å². The van der Waals surface area contributed by atoms with Crippen molar-refractivity contribution >= 4 is 49.3 Å². The summed E-state index contributed by atoms with van der Waals surface area (Å²) in [4.78, 5) is 15.1. The molecule has 0 saturated carbocycles. The van der Waals surface area contributed by atoms with E-state index < -0.39 is 32.3 Å². The molecule has 1 aromatic heterocycles. The molecule has 29 heavy (non-hydrogen) atoms. The summed E-state index contributed by atoms with van der Waals surface area (Å²) in [6.07, 6.45) is 0. The third-order valence-electron chi connectivity index (χ3n) is 4.43. The van der Waals surface area contributed by atoms with Gasteiger partial charge in [0.15, 0.2) is 0 Å². The van der Waals surface area contributed by atoms with E-state index in [-0.39, 0.29) is 5.69 Å². The van der Waals surface area contributed by atoms with Gasteiger partial charge in [-0.15, -0.1) is 0 Å². The molecule has 8 nitrogen and oxygen atoms in total. The molecule has 3 aromatic carbocycles. The topological polar surface area (TPSA) is 142 Å². The lowest BCUT2D eigenvalue weighted by atomic mass is 10.1. The number of hydrogen-bond donors (Lipinski definition) is 2. The highest BCUT2D eigenvalue weighted by atomic mass is 32.2. The van der Waals surface area contributed by atoms with Gasteiger partial charge in [0, 0.05) is 16.5 Å². The molecule has 0 saturated heterocycles. The van der Waals surface area contributed by atoms with Crippen LogP contribution in [0.4, 0.5) is 11.4 Å². The van der Waals surface area contributed by atoms with Crippen molar-refractivity contribution in [3.63, 3.8) is 0 Å². The second kappa shape index (κ2) is 6.73. The van der Waals surface area contributed by atoms with Gasteiger partial charge in [-0.05, 0) is 24.3 Å². The second-order valence-corrected chi connectivity index (χ2v) is 7.63. The fraction of sp³-hybridized carbons (Fsp3) is 0. The summed E-state index contributed by atoms with van der Waals surface area (Å²) < 4.78 is 34.4. The van der Waals surface area contributed by atoms with E-state index in [1.165, 1.54) is 0 Å². The summed E-state index contributed by atoms with van der Waals surface area (Å²) in [5.41, 5.74) is 0.535. The standard InChI is InChI=1S/C20H14N2O6S/c23-19-14(20(24)25)9-11(29(26,27)28)10-17(19)22-18-12-5-1-3-7-15(12)21-16-8-4-2-6-13(16)18/h1-10,23H,(H,21,22)(H,24,25)(H,26,27,28)/p-2. The first-order valence-electron chi connectivity index (χ1n) is 8.34. The summed E-state index contributed by atoms with van der Waals surface area (Å²) in [6, 6.07) is 15.6. The van der Waals surface area contributed by atoms with Gasteiger partial charge in [0.1, 0.15) is 10.1 Å². The lowest BCUT2D eigenvalue weighted by molar-refractivity contribution is -0.267. The largest absolute Gasteiger partial charge is 0.870 e. The van der Waals surface area contributed by atoms with Gasteiger partial charge in [0.25, 0.3) is 0 Å². The maximum atomic E-state index is 12.6. The Balaban J connectivity index is 2.02. The van der Waals surface area contributed by atoms with Crippen LogP contribution in [0.3, 0.4) is 0 Å². The third kappa shape index (κ3) is 3.33. The Morgan fingerprint density at radius 2 is 1.52 bits per heavy atom. The number of carboxylic acids is 1. The molecular weight excluding hydrogens is 396 g/mol. The number of carboxylic acid groups (broad SMARTS) is 1. The molecule has 0 aliphatic heterocycles. The van der Waals surface area contributed by atoms with Crippen LogP contribution in [0.1, 0.15) is 10.4 Å². The van der Waals surface area contributed by atoms with Crippen LogP contribution >= 0.6 is 0 Å². The molecule has 146 valence electrons. The molecule has 0 bridgehead atoms. The van der Waals surface area contributed by atoms with Crippen molar-refractivity contribution in [3.8, 4) is 5.75 Å². The maximum Gasteiger partial charge on any atom is 0.335 e. The highest BCUT2D eigenvalue weighted by Crippen LogP contribution is 2.37. The van der Waals surface area contributed by atoms with E-state index in [2.05, 4.69) is 10.3 Å². The van der Waals surface area contributed by atoms with Crippen LogP contribution in [0.15, 0.2) is 65.6 Å². The number of aromatic nitrogens is 1. The van der Waals surface area contributed by atoms with Crippen LogP contribution in [-0.4, -0.2) is 29.0 Å². The van der Waals surface area contributed by atoms with Crippen molar-refractivity contribution < 1.29 is 28.0 Å². The van der Waals surface area contributed by atoms with Crippen molar-refractivity contribution in [2.75, 3.05) is 5.32 Å². The molecule has 0 unspecified atom stereocenters. The SMILES string of the molecule is O=C(O)c1cc(S(=O)(=O)[O-])cc(Nc2c3ccccc3nc3ccccc23)c1[O-]. The highest BCUT2D eigenvalue weighted by molar-refractivity contribution is 7.85. The number of nitrogens with zero attached hydrogens (tertiary/aromatic N) is 1. The Kier molecular flexibility index (Phi) is 4.33. The van der Waals surface area contributed by atoms with E-state index in [1.807, 2.05) is 0 Å². The zero-order chi connectivity index (χ0) is 20.8. The van der Waals surface area contributed by atoms with Gasteiger partial charge in [0.05, 0.1) is 27.2 Å². The molecule has 0 fully saturated rings. The summed E-state index contributed by atoms with van der Waals surface area (Å²) in [5, 5.41) is 26.0. The van der Waals surface area contributed by atoms with Gasteiger partial charge in [0.2, 0.25) is 0 Å². The van der Waals surface area contributed by atoms with E-state index in [1.54, 1.807) is 48.5 Å². The van der Waals surface area contributed by atoms with Crippen LogP contribution in [-0.2, 0) is 10.1 Å². The zero-order valence-electron chi connectivity index (χ0n) is 14.6. The van der Waals surface area contributed by atoms with Crippen molar-refractivity contribution in [2.45, 2.75) is 4.90 Å². The van der Waals surface area contributed by atoms with E-state index in [0.717, 1.165) is 6.07 Å². The molecule has 1 heterocycles. The number of anilines is 2. The fourth-order valence-corrected chi connectivity index (χ4v) is 3.63. The van der Waals surface area contributed by atoms with Gasteiger partial charge in [-0.2, -0.15) is 0 Å². The summed E-state index contributed by atoms with van der Waals surface area (Å²) >= 11 is 0. The molecule has 0 aliphatic carbocycles. The molecule has 0 amide bonds. The maximum absolute atomic E-state index is 12.6. The number of hydrogen-bond acceptors (Lipinski definition) is 7. The van der Waals surface area contributed by atoms with E-state index >= 15 is 0 Å². The van der Waals surface area contributed by atoms with E-state index in [0.29, 0.717) is 33.6 Å². The molecule has 9 heteroatoms. The van der Waals surface area contributed by atoms with Crippen molar-refractivity contribution in [1.29, 1.82) is 0 Å². The first-order valence-corrected chi connectivity index (χ1v) is 9.75. The smallest absolute Gasteiger partial charge is 0.335 e. The molecular formula is C20H12N2O6S-2. The Labute approximate surface area is 164 Å². The van der Waals surface area contributed by atoms with Crippen LogP contribution in [0, 0.1) is 0 Å². The fourth-order valence-electron chi connectivity index (χ4n) is 3.11. The van der Waals surface area contributed by atoms with Crippen LogP contribution < -0.4 is 10.4 Å². The zero-order valence-corrected chi connectivity index (χ0v) is 15.4. The van der Waals surface area contributed by atoms with E-state index in [9.17, 15) is 28.0 Å². The number of nitrogens with one attached hydrogen (secondary N) is 1. The lowest BCUT2D eigenvalue weighted by Gasteiger charge is -2.22. The average molecular weight is 408 g/mol. The van der Waals surface area contributed by atoms with Gasteiger partial charge >= 0.3 is 5.97 Å². The molecule has 4 rings (SSSR count). The Morgan fingerprint density at radius 1 is 0.966 bits per heavy atom. The first kappa shape index (κ1) is 18.7. The number of para-hydroxylation sites is 2. The quantitative estimate of drug-likeness (QED) is 0.388. The van der Waals surface area contributed by atoms with Crippen molar-refractivity contribution in [2.24, 2.45) is 0 Å². The number of rotatable bonds is 4. The van der Waals surface area contributed by atoms with Crippen LogP contribution in [0.2, 0.25) is 0 Å². The minimum absolute atomic E-state index is 0.333. The number of benzene rings is 3. The van der Waals surface area contributed by atoms with Crippen LogP contribution in [0.5, 0.6) is 5.75 Å². The number of fused-ring (bicyclic) bond motifs is 2. The summed E-state index contributed by atoms with van der Waals surface area (Å²) in [6.45, 7) is 0. The Morgan fingerprint density at radius 3 is 2.03 bits per heavy atom. The van der Waals surface area contributed by atoms with Gasteiger partial charge in [-0.3, -0.25) is 0 Å². The molecule has 2 N–H and O–H groups in total. The minimum Gasteiger partial charge on any atom is -0.870 e. The molecule has 4 aromatic rings. The Hall–Kier alpha value is -3.69. The summed E-state index contributed by atoms with van der Waals surface area (Å²) in [5.74, 6) is -2.57. The molecule has 0 aliphatic rings. The van der Waals surface area contributed by atoms with Gasteiger partial charge < -0.3 is 20.1 Å². The van der Waals surface area contributed by atoms with Crippen molar-refractivity contribution in [3.05, 3.63) is 66.2 Å². The monoisotopic (exact) mass is 408 g/mol. The molecule has 0 atom stereocenters. The normalized spacial score (nSPS) is 11.6. The van der Waals surface area contributed by atoms with Gasteiger partial charge in [-0.1, -0.05) is 42.1 Å². The van der Waals surface area contributed by atoms with Crippen molar-refractivity contribution in [1.82, 2.24) is 4.98 Å². The Bertz CT molecular complexity index is 1350. The number of aromatic carboxylic acids is 1.